The number of aromatic nitrogens is 1. The molecule has 1 rings (SSSR count). The normalized spacial score (nSPS) is 11.2. The van der Waals surface area contributed by atoms with Gasteiger partial charge in [0.2, 0.25) is 0 Å². The molecule has 0 N–H and O–H groups in total. The number of nitrogens with zero attached hydrogens (tertiary/aromatic N) is 1. The summed E-state index contributed by atoms with van der Waals surface area (Å²) in [4.78, 5) is 14.8. The minimum atomic E-state index is -5.06. The summed E-state index contributed by atoms with van der Waals surface area (Å²) < 4.78 is 57.3. The predicted molar refractivity (Wildman–Crippen MR) is 59.8 cm³/mol. The smallest absolute Gasteiger partial charge is 0.465 e. The van der Waals surface area contributed by atoms with Gasteiger partial charge in [0.25, 0.3) is 0 Å². The maximum absolute atomic E-state index is 12.6. The second-order valence-corrected chi connectivity index (χ2v) is 4.09. The highest BCUT2D eigenvalue weighted by atomic mass is 127. The molecule has 0 aromatic carbocycles. The molecule has 0 fully saturated rings. The van der Waals surface area contributed by atoms with Gasteiger partial charge in [-0.05, 0) is 22.6 Å². The van der Waals surface area contributed by atoms with Crippen LogP contribution in [0.3, 0.4) is 0 Å². The summed E-state index contributed by atoms with van der Waals surface area (Å²) >= 11 is 1.58. The lowest BCUT2D eigenvalue weighted by Crippen LogP contribution is -2.21. The Kier molecular flexibility index (Phi) is 4.71. The Bertz CT molecular complexity index is 464. The SMILES string of the molecule is COC(=O)c1c(I)cnc(CF)c1OC(F)(F)F. The van der Waals surface area contributed by atoms with Crippen molar-refractivity contribution in [3.8, 4) is 5.75 Å². The molecule has 0 spiro atoms. The number of alkyl halides is 4. The first-order valence-corrected chi connectivity index (χ1v) is 5.45. The number of rotatable bonds is 3. The van der Waals surface area contributed by atoms with E-state index >= 15 is 0 Å². The monoisotopic (exact) mass is 379 g/mol. The van der Waals surface area contributed by atoms with Crippen molar-refractivity contribution >= 4 is 28.6 Å². The molecule has 18 heavy (non-hydrogen) atoms. The van der Waals surface area contributed by atoms with Gasteiger partial charge in [0.1, 0.15) is 17.9 Å². The van der Waals surface area contributed by atoms with Crippen LogP contribution in [0, 0.1) is 3.57 Å². The number of hydrogen-bond acceptors (Lipinski definition) is 4. The average molecular weight is 379 g/mol. The Morgan fingerprint density at radius 1 is 1.50 bits per heavy atom. The molecule has 9 heteroatoms. The maximum Gasteiger partial charge on any atom is 0.573 e. The van der Waals surface area contributed by atoms with Crippen molar-refractivity contribution in [2.75, 3.05) is 7.11 Å². The van der Waals surface area contributed by atoms with Gasteiger partial charge in [-0.2, -0.15) is 0 Å². The second-order valence-electron chi connectivity index (χ2n) is 2.93. The zero-order valence-corrected chi connectivity index (χ0v) is 11.0. The number of esters is 1. The van der Waals surface area contributed by atoms with Crippen LogP contribution in [0.4, 0.5) is 17.6 Å². The molecule has 0 saturated heterocycles. The van der Waals surface area contributed by atoms with E-state index in [1.54, 1.807) is 22.6 Å². The third-order valence-corrected chi connectivity index (χ3v) is 2.61. The third kappa shape index (κ3) is 3.43. The molecule has 0 amide bonds. The molecule has 0 aliphatic rings. The Hall–Kier alpha value is -1.13. The molecule has 0 aliphatic heterocycles. The van der Waals surface area contributed by atoms with E-state index in [2.05, 4.69) is 14.5 Å². The number of carbonyl (C=O) groups excluding carboxylic acids is 1. The van der Waals surface area contributed by atoms with Crippen LogP contribution < -0.4 is 4.74 Å². The zero-order valence-electron chi connectivity index (χ0n) is 8.85. The van der Waals surface area contributed by atoms with Gasteiger partial charge in [-0.15, -0.1) is 13.2 Å². The molecule has 4 nitrogen and oxygen atoms in total. The van der Waals surface area contributed by atoms with Crippen molar-refractivity contribution in [1.82, 2.24) is 4.98 Å². The average Bonchev–Trinajstić information content (AvgIpc) is 2.27. The summed E-state index contributed by atoms with van der Waals surface area (Å²) in [5, 5.41) is 0. The van der Waals surface area contributed by atoms with E-state index < -0.39 is 36.0 Å². The first kappa shape index (κ1) is 14.9. The second kappa shape index (κ2) is 5.67. The van der Waals surface area contributed by atoms with Crippen molar-refractivity contribution < 1.29 is 31.8 Å². The van der Waals surface area contributed by atoms with E-state index in [4.69, 9.17) is 0 Å². The van der Waals surface area contributed by atoms with Crippen LogP contribution in [0.5, 0.6) is 5.75 Å². The van der Waals surface area contributed by atoms with Crippen molar-refractivity contribution in [1.29, 1.82) is 0 Å². The lowest BCUT2D eigenvalue weighted by Gasteiger charge is -2.15. The fourth-order valence-electron chi connectivity index (χ4n) is 1.12. The van der Waals surface area contributed by atoms with Gasteiger partial charge in [0, 0.05) is 9.77 Å². The highest BCUT2D eigenvalue weighted by Gasteiger charge is 2.35. The Morgan fingerprint density at radius 3 is 2.56 bits per heavy atom. The Balaban J connectivity index is 3.41. The summed E-state index contributed by atoms with van der Waals surface area (Å²) in [6.07, 6.45) is -4.00. The zero-order chi connectivity index (χ0) is 13.9. The van der Waals surface area contributed by atoms with E-state index in [9.17, 15) is 22.4 Å². The van der Waals surface area contributed by atoms with Gasteiger partial charge in [0.05, 0.1) is 7.11 Å². The van der Waals surface area contributed by atoms with Crippen LogP contribution >= 0.6 is 22.6 Å². The van der Waals surface area contributed by atoms with Gasteiger partial charge in [-0.3, -0.25) is 4.98 Å². The standard InChI is InChI=1S/C9H6F4INO3/c1-17-8(16)6-4(14)3-15-5(2-10)7(6)18-9(11,12)13/h3H,2H2,1H3. The maximum atomic E-state index is 12.6. The van der Waals surface area contributed by atoms with E-state index in [0.717, 1.165) is 13.3 Å². The molecule has 0 aliphatic carbocycles. The van der Waals surface area contributed by atoms with E-state index in [-0.39, 0.29) is 3.57 Å². The van der Waals surface area contributed by atoms with Crippen LogP contribution in [0.1, 0.15) is 16.1 Å². The molecular weight excluding hydrogens is 373 g/mol. The summed E-state index contributed by atoms with van der Waals surface area (Å²) in [6, 6.07) is 0. The molecule has 0 atom stereocenters. The predicted octanol–water partition coefficient (Wildman–Crippen LogP) is 2.84. The first-order valence-electron chi connectivity index (χ1n) is 4.37. The van der Waals surface area contributed by atoms with Crippen LogP contribution in [-0.4, -0.2) is 24.4 Å². The number of carbonyl (C=O) groups is 1. The van der Waals surface area contributed by atoms with Crippen LogP contribution in [0.2, 0.25) is 0 Å². The fraction of sp³-hybridized carbons (Fsp3) is 0.333. The number of pyridine rings is 1. The van der Waals surface area contributed by atoms with E-state index in [0.29, 0.717) is 0 Å². The highest BCUT2D eigenvalue weighted by Crippen LogP contribution is 2.32. The largest absolute Gasteiger partial charge is 0.573 e. The summed E-state index contributed by atoms with van der Waals surface area (Å²) in [7, 11) is 0.991. The van der Waals surface area contributed by atoms with E-state index in [1.165, 1.54) is 0 Å². The summed E-state index contributed by atoms with van der Waals surface area (Å²) in [5.74, 6) is -2.03. The molecule has 0 radical (unpaired) electrons. The van der Waals surface area contributed by atoms with Crippen molar-refractivity contribution in [3.63, 3.8) is 0 Å². The third-order valence-electron chi connectivity index (χ3n) is 1.80. The van der Waals surface area contributed by atoms with Crippen LogP contribution in [0.25, 0.3) is 0 Å². The molecule has 100 valence electrons. The van der Waals surface area contributed by atoms with Crippen LogP contribution in [-0.2, 0) is 11.4 Å². The molecule has 0 unspecified atom stereocenters. The van der Waals surface area contributed by atoms with E-state index in [1.807, 2.05) is 0 Å². The minimum absolute atomic E-state index is 0.0656. The quantitative estimate of drug-likeness (QED) is 0.461. The fourth-order valence-corrected chi connectivity index (χ4v) is 1.73. The van der Waals surface area contributed by atoms with Crippen molar-refractivity contribution in [2.24, 2.45) is 0 Å². The van der Waals surface area contributed by atoms with Crippen molar-refractivity contribution in [3.05, 3.63) is 21.0 Å². The number of ether oxygens (including phenoxy) is 2. The first-order chi connectivity index (χ1) is 8.30. The number of methoxy groups -OCH3 is 1. The minimum Gasteiger partial charge on any atom is -0.465 e. The van der Waals surface area contributed by atoms with Crippen LogP contribution in [0.15, 0.2) is 6.20 Å². The van der Waals surface area contributed by atoms with Gasteiger partial charge in [0.15, 0.2) is 5.75 Å². The molecule has 1 aromatic heterocycles. The highest BCUT2D eigenvalue weighted by molar-refractivity contribution is 14.1. The summed E-state index contributed by atoms with van der Waals surface area (Å²) in [5.41, 5.74) is -1.12. The molecule has 1 heterocycles. The lowest BCUT2D eigenvalue weighted by atomic mass is 10.2. The Labute approximate surface area is 112 Å². The number of hydrogen-bond donors (Lipinski definition) is 0. The topological polar surface area (TPSA) is 48.4 Å². The molecular formula is C9H6F4INO3. The molecule has 1 aromatic rings. The van der Waals surface area contributed by atoms with Crippen molar-refractivity contribution in [2.45, 2.75) is 13.0 Å². The molecule has 0 bridgehead atoms. The Morgan fingerprint density at radius 2 is 2.11 bits per heavy atom. The van der Waals surface area contributed by atoms with Gasteiger partial charge < -0.3 is 9.47 Å². The van der Waals surface area contributed by atoms with Gasteiger partial charge >= 0.3 is 12.3 Å². The van der Waals surface area contributed by atoms with Gasteiger partial charge in [-0.1, -0.05) is 0 Å². The van der Waals surface area contributed by atoms with Gasteiger partial charge in [-0.25, -0.2) is 9.18 Å². The summed E-state index contributed by atoms with van der Waals surface area (Å²) in [6.45, 7) is -1.30. The lowest BCUT2D eigenvalue weighted by molar-refractivity contribution is -0.275. The molecule has 0 saturated carbocycles. The number of halogens is 5.